The van der Waals surface area contributed by atoms with Gasteiger partial charge in [0.2, 0.25) is 0 Å². The lowest BCUT2D eigenvalue weighted by Gasteiger charge is -2.12. The minimum atomic E-state index is 0. The van der Waals surface area contributed by atoms with Gasteiger partial charge in [0.1, 0.15) is 17.2 Å². The van der Waals surface area contributed by atoms with Crippen molar-refractivity contribution in [3.8, 4) is 17.2 Å². The number of halogens is 1. The lowest BCUT2D eigenvalue weighted by atomic mass is 10.3. The predicted molar refractivity (Wildman–Crippen MR) is 123 cm³/mol. The van der Waals surface area contributed by atoms with E-state index in [1.807, 2.05) is 30.3 Å². The Kier molecular flexibility index (Phi) is 11.9. The van der Waals surface area contributed by atoms with Crippen LogP contribution in [0.5, 0.6) is 17.2 Å². The van der Waals surface area contributed by atoms with Crippen LogP contribution < -0.4 is 24.8 Å². The Labute approximate surface area is 184 Å². The summed E-state index contributed by atoms with van der Waals surface area (Å²) in [6, 6.07) is 9.56. The van der Waals surface area contributed by atoms with Crippen molar-refractivity contribution in [2.45, 2.75) is 19.9 Å². The number of benzene rings is 1. The van der Waals surface area contributed by atoms with Crippen LogP contribution in [-0.2, 0) is 6.54 Å². The quantitative estimate of drug-likeness (QED) is 0.214. The van der Waals surface area contributed by atoms with Crippen molar-refractivity contribution in [2.24, 2.45) is 4.99 Å². The van der Waals surface area contributed by atoms with E-state index < -0.39 is 0 Å². The topological polar surface area (TPSA) is 69.0 Å². The molecule has 0 atom stereocenters. The second-order valence-electron chi connectivity index (χ2n) is 5.86. The second-order valence-corrected chi connectivity index (χ2v) is 5.86. The van der Waals surface area contributed by atoms with E-state index in [9.17, 15) is 0 Å². The van der Waals surface area contributed by atoms with Crippen molar-refractivity contribution in [1.82, 2.24) is 15.2 Å². The third kappa shape index (κ3) is 8.73. The molecule has 0 radical (unpaired) electrons. The minimum absolute atomic E-state index is 0. The molecule has 2 rings (SSSR count). The van der Waals surface area contributed by atoms with Gasteiger partial charge in [-0.3, -0.25) is 4.99 Å². The van der Waals surface area contributed by atoms with Crippen LogP contribution in [0.4, 0.5) is 0 Å². The highest BCUT2D eigenvalue weighted by Crippen LogP contribution is 2.27. The molecule has 1 aromatic carbocycles. The highest BCUT2D eigenvalue weighted by atomic mass is 127. The van der Waals surface area contributed by atoms with E-state index in [0.717, 1.165) is 37.8 Å². The number of methoxy groups -OCH3 is 2. The molecule has 7 nitrogen and oxygen atoms in total. The Hall–Kier alpha value is -2.10. The molecule has 2 aromatic rings. The van der Waals surface area contributed by atoms with Crippen LogP contribution in [0, 0.1) is 0 Å². The van der Waals surface area contributed by atoms with Crippen molar-refractivity contribution in [3.05, 3.63) is 42.7 Å². The molecule has 1 heterocycles. The molecule has 2 N–H and O–H groups in total. The largest absolute Gasteiger partial charge is 0.496 e. The van der Waals surface area contributed by atoms with Crippen molar-refractivity contribution in [2.75, 3.05) is 40.5 Å². The molecule has 0 unspecified atom stereocenters. The van der Waals surface area contributed by atoms with Gasteiger partial charge in [-0.15, -0.1) is 24.0 Å². The van der Waals surface area contributed by atoms with Crippen molar-refractivity contribution < 1.29 is 14.2 Å². The number of hydrogen-bond donors (Lipinski definition) is 2. The van der Waals surface area contributed by atoms with Gasteiger partial charge in [0, 0.05) is 63.2 Å². The molecule has 0 spiro atoms. The smallest absolute Gasteiger partial charge is 0.191 e. The number of hydrogen-bond acceptors (Lipinski definition) is 4. The van der Waals surface area contributed by atoms with Crippen LogP contribution in [-0.4, -0.2) is 51.0 Å². The molecule has 8 heteroatoms. The Morgan fingerprint density at radius 2 is 1.64 bits per heavy atom. The average Bonchev–Trinajstić information content (AvgIpc) is 3.20. The molecule has 0 amide bonds. The predicted octanol–water partition coefficient (Wildman–Crippen LogP) is 3.15. The average molecular weight is 502 g/mol. The monoisotopic (exact) mass is 502 g/mol. The van der Waals surface area contributed by atoms with E-state index in [1.54, 1.807) is 14.2 Å². The molecule has 0 bridgehead atoms. The van der Waals surface area contributed by atoms with E-state index in [0.29, 0.717) is 24.7 Å². The van der Waals surface area contributed by atoms with E-state index in [1.165, 1.54) is 0 Å². The Morgan fingerprint density at radius 3 is 2.25 bits per heavy atom. The van der Waals surface area contributed by atoms with Gasteiger partial charge in [-0.1, -0.05) is 0 Å². The first-order valence-corrected chi connectivity index (χ1v) is 9.24. The SMILES string of the molecule is CCNC(=NCCCOc1cc(OC)cc(OC)c1)NCCn1cccc1.I. The van der Waals surface area contributed by atoms with Crippen molar-refractivity contribution in [1.29, 1.82) is 0 Å². The first-order chi connectivity index (χ1) is 13.2. The maximum atomic E-state index is 5.79. The summed E-state index contributed by atoms with van der Waals surface area (Å²) >= 11 is 0. The van der Waals surface area contributed by atoms with Crippen LogP contribution in [0.3, 0.4) is 0 Å². The number of rotatable bonds is 11. The third-order valence-corrected chi connectivity index (χ3v) is 3.84. The minimum Gasteiger partial charge on any atom is -0.496 e. The first-order valence-electron chi connectivity index (χ1n) is 9.24. The summed E-state index contributed by atoms with van der Waals surface area (Å²) < 4.78 is 18.4. The van der Waals surface area contributed by atoms with Crippen LogP contribution >= 0.6 is 24.0 Å². The van der Waals surface area contributed by atoms with Crippen molar-refractivity contribution in [3.63, 3.8) is 0 Å². The standard InChI is InChI=1S/C20H30N4O3.HI/c1-4-21-20(23-9-12-24-10-5-6-11-24)22-8-7-13-27-19-15-17(25-2)14-18(16-19)26-3;/h5-6,10-11,14-16H,4,7-9,12-13H2,1-3H3,(H2,21,22,23);1H. The molecule has 0 fully saturated rings. The lowest BCUT2D eigenvalue weighted by molar-refractivity contribution is 0.307. The van der Waals surface area contributed by atoms with Gasteiger partial charge in [-0.25, -0.2) is 0 Å². The van der Waals surface area contributed by atoms with Gasteiger partial charge in [-0.2, -0.15) is 0 Å². The fourth-order valence-corrected chi connectivity index (χ4v) is 2.47. The summed E-state index contributed by atoms with van der Waals surface area (Å²) in [6.45, 7) is 5.86. The van der Waals surface area contributed by atoms with Crippen LogP contribution in [0.1, 0.15) is 13.3 Å². The van der Waals surface area contributed by atoms with E-state index in [-0.39, 0.29) is 24.0 Å². The number of nitrogens with zero attached hydrogens (tertiary/aromatic N) is 2. The zero-order valence-electron chi connectivity index (χ0n) is 16.8. The third-order valence-electron chi connectivity index (χ3n) is 3.84. The van der Waals surface area contributed by atoms with E-state index in [2.05, 4.69) is 39.5 Å². The molecule has 0 aliphatic carbocycles. The Morgan fingerprint density at radius 1 is 1.00 bits per heavy atom. The first kappa shape index (κ1) is 23.9. The van der Waals surface area contributed by atoms with Crippen LogP contribution in [0.15, 0.2) is 47.7 Å². The zero-order chi connectivity index (χ0) is 19.3. The highest BCUT2D eigenvalue weighted by Gasteiger charge is 2.03. The number of ether oxygens (including phenoxy) is 3. The molecule has 0 aliphatic rings. The molecular weight excluding hydrogens is 471 g/mol. The Balaban J connectivity index is 0.00000392. The summed E-state index contributed by atoms with van der Waals surface area (Å²) in [7, 11) is 3.25. The summed E-state index contributed by atoms with van der Waals surface area (Å²) in [5.41, 5.74) is 0. The number of aromatic nitrogens is 1. The van der Waals surface area contributed by atoms with E-state index in [4.69, 9.17) is 14.2 Å². The maximum absolute atomic E-state index is 5.79. The summed E-state index contributed by atoms with van der Waals surface area (Å²) in [5, 5.41) is 6.60. The number of guanidine groups is 1. The molecule has 0 saturated carbocycles. The number of nitrogens with one attached hydrogen (secondary N) is 2. The van der Waals surface area contributed by atoms with E-state index >= 15 is 0 Å². The van der Waals surface area contributed by atoms with Gasteiger partial charge in [-0.05, 0) is 19.1 Å². The fourth-order valence-electron chi connectivity index (χ4n) is 2.47. The van der Waals surface area contributed by atoms with Gasteiger partial charge in [0.15, 0.2) is 5.96 Å². The summed E-state index contributed by atoms with van der Waals surface area (Å²) in [4.78, 5) is 4.59. The maximum Gasteiger partial charge on any atom is 0.191 e. The molecule has 156 valence electrons. The van der Waals surface area contributed by atoms with Crippen LogP contribution in [0.25, 0.3) is 0 Å². The van der Waals surface area contributed by atoms with Gasteiger partial charge >= 0.3 is 0 Å². The normalized spacial score (nSPS) is 10.8. The second kappa shape index (κ2) is 14.0. The molecular formula is C20H31IN4O3. The summed E-state index contributed by atoms with van der Waals surface area (Å²) in [5.74, 6) is 2.98. The summed E-state index contributed by atoms with van der Waals surface area (Å²) in [6.07, 6.45) is 4.92. The molecule has 1 aromatic heterocycles. The zero-order valence-corrected chi connectivity index (χ0v) is 19.1. The van der Waals surface area contributed by atoms with Crippen molar-refractivity contribution >= 4 is 29.9 Å². The molecule has 28 heavy (non-hydrogen) atoms. The lowest BCUT2D eigenvalue weighted by Crippen LogP contribution is -2.38. The number of aliphatic imine (C=N–C) groups is 1. The van der Waals surface area contributed by atoms with Gasteiger partial charge in [0.25, 0.3) is 0 Å². The molecule has 0 saturated heterocycles. The fraction of sp³-hybridized carbons (Fsp3) is 0.450. The van der Waals surface area contributed by atoms with Gasteiger partial charge in [0.05, 0.1) is 20.8 Å². The van der Waals surface area contributed by atoms with Crippen LogP contribution in [0.2, 0.25) is 0 Å². The Bertz CT molecular complexity index is 671. The van der Waals surface area contributed by atoms with Gasteiger partial charge < -0.3 is 29.4 Å². The molecule has 0 aliphatic heterocycles. The highest BCUT2D eigenvalue weighted by molar-refractivity contribution is 14.0.